The lowest BCUT2D eigenvalue weighted by Crippen LogP contribution is -2.37. The Morgan fingerprint density at radius 1 is 1.31 bits per heavy atom. The van der Waals surface area contributed by atoms with Crippen molar-refractivity contribution in [3.05, 3.63) is 57.8 Å². The average molecular weight is 438 g/mol. The predicted octanol–water partition coefficient (Wildman–Crippen LogP) is 1.42. The average Bonchev–Trinajstić information content (AvgIpc) is 3.45. The molecule has 0 atom stereocenters. The minimum atomic E-state index is -0.647. The largest absolute Gasteiger partial charge is 0.492 e. The van der Waals surface area contributed by atoms with Crippen molar-refractivity contribution >= 4 is 17.5 Å². The molecule has 0 aromatic carbocycles. The van der Waals surface area contributed by atoms with Crippen molar-refractivity contribution in [2.45, 2.75) is 45.8 Å². The second kappa shape index (κ2) is 8.45. The molecular formula is C22H26N6O4. The Hall–Kier alpha value is -3.69. The maximum absolute atomic E-state index is 13.3. The van der Waals surface area contributed by atoms with Gasteiger partial charge in [-0.15, -0.1) is 0 Å². The molecule has 4 rings (SSSR count). The van der Waals surface area contributed by atoms with Crippen molar-refractivity contribution in [3.8, 4) is 5.88 Å². The van der Waals surface area contributed by atoms with E-state index in [1.807, 2.05) is 19.9 Å². The van der Waals surface area contributed by atoms with Gasteiger partial charge >= 0.3 is 0 Å². The molecule has 1 fully saturated rings. The number of aromatic nitrogens is 4. The zero-order chi connectivity index (χ0) is 23.0. The van der Waals surface area contributed by atoms with Crippen molar-refractivity contribution in [1.29, 1.82) is 0 Å². The van der Waals surface area contributed by atoms with Gasteiger partial charge in [-0.1, -0.05) is 19.9 Å². The summed E-state index contributed by atoms with van der Waals surface area (Å²) in [5.74, 6) is -1.52. The zero-order valence-electron chi connectivity index (χ0n) is 18.3. The molecule has 0 spiro atoms. The van der Waals surface area contributed by atoms with E-state index in [0.717, 1.165) is 22.9 Å². The van der Waals surface area contributed by atoms with Gasteiger partial charge in [-0.25, -0.2) is 0 Å². The van der Waals surface area contributed by atoms with Crippen LogP contribution in [0.1, 0.15) is 53.0 Å². The number of rotatable bonds is 7. The molecule has 3 aromatic heterocycles. The van der Waals surface area contributed by atoms with E-state index in [0.29, 0.717) is 6.54 Å². The normalized spacial score (nSPS) is 13.5. The van der Waals surface area contributed by atoms with Gasteiger partial charge in [-0.05, 0) is 30.4 Å². The Morgan fingerprint density at radius 2 is 2.06 bits per heavy atom. The van der Waals surface area contributed by atoms with Crippen LogP contribution in [-0.2, 0) is 13.1 Å². The first-order chi connectivity index (χ1) is 15.3. The predicted molar refractivity (Wildman–Crippen MR) is 116 cm³/mol. The SMILES string of the molecule is CC(C)Cn1c(=O)c(C(=O)NC2CC2)c(O)n2ncc(C(=O)N(C)Cc3cccnc3)c12. The Labute approximate surface area is 184 Å². The first-order valence-electron chi connectivity index (χ1n) is 10.6. The number of carbonyl (C=O) groups excluding carboxylic acids is 2. The fourth-order valence-corrected chi connectivity index (χ4v) is 3.60. The van der Waals surface area contributed by atoms with Gasteiger partial charge < -0.3 is 15.3 Å². The molecule has 10 heteroatoms. The van der Waals surface area contributed by atoms with Crippen LogP contribution >= 0.6 is 0 Å². The number of amides is 2. The van der Waals surface area contributed by atoms with E-state index in [1.54, 1.807) is 25.5 Å². The summed E-state index contributed by atoms with van der Waals surface area (Å²) in [4.78, 5) is 44.7. The highest BCUT2D eigenvalue weighted by Gasteiger charge is 2.31. The summed E-state index contributed by atoms with van der Waals surface area (Å²) < 4.78 is 2.45. The van der Waals surface area contributed by atoms with Gasteiger partial charge in [0.25, 0.3) is 17.4 Å². The second-order valence-electron chi connectivity index (χ2n) is 8.57. The van der Waals surface area contributed by atoms with Crippen LogP contribution in [0.4, 0.5) is 0 Å². The Balaban J connectivity index is 1.80. The molecule has 10 nitrogen and oxygen atoms in total. The summed E-state index contributed by atoms with van der Waals surface area (Å²) in [6.45, 7) is 4.41. The van der Waals surface area contributed by atoms with Crippen molar-refractivity contribution in [2.24, 2.45) is 5.92 Å². The lowest BCUT2D eigenvalue weighted by Gasteiger charge is -2.19. The van der Waals surface area contributed by atoms with Crippen molar-refractivity contribution in [3.63, 3.8) is 0 Å². The Morgan fingerprint density at radius 3 is 2.69 bits per heavy atom. The Kier molecular flexibility index (Phi) is 5.68. The van der Waals surface area contributed by atoms with Crippen molar-refractivity contribution in [2.75, 3.05) is 7.05 Å². The topological polar surface area (TPSA) is 122 Å². The molecule has 3 aromatic rings. The number of pyridine rings is 1. The molecule has 3 heterocycles. The molecule has 0 bridgehead atoms. The van der Waals surface area contributed by atoms with Crippen LogP contribution in [0.3, 0.4) is 0 Å². The van der Waals surface area contributed by atoms with Crippen LogP contribution in [0, 0.1) is 5.92 Å². The number of carbonyl (C=O) groups is 2. The third-order valence-electron chi connectivity index (χ3n) is 5.29. The maximum atomic E-state index is 13.3. The number of hydrogen-bond acceptors (Lipinski definition) is 6. The van der Waals surface area contributed by atoms with Crippen LogP contribution < -0.4 is 10.9 Å². The summed E-state index contributed by atoms with van der Waals surface area (Å²) in [5, 5.41) is 17.6. The first kappa shape index (κ1) is 21.5. The van der Waals surface area contributed by atoms with Gasteiger partial charge in [0.05, 0.1) is 6.20 Å². The Bertz CT molecular complexity index is 1230. The second-order valence-corrected chi connectivity index (χ2v) is 8.57. The number of nitrogens with zero attached hydrogens (tertiary/aromatic N) is 5. The van der Waals surface area contributed by atoms with Gasteiger partial charge in [0.2, 0.25) is 5.88 Å². The highest BCUT2D eigenvalue weighted by atomic mass is 16.3. The molecule has 168 valence electrons. The molecule has 0 aliphatic heterocycles. The number of nitrogens with one attached hydrogen (secondary N) is 1. The molecule has 2 amide bonds. The summed E-state index contributed by atoms with van der Waals surface area (Å²) in [5.41, 5.74) is 0.161. The monoisotopic (exact) mass is 438 g/mol. The lowest BCUT2D eigenvalue weighted by molar-refractivity contribution is 0.0786. The van der Waals surface area contributed by atoms with E-state index < -0.39 is 17.3 Å². The third kappa shape index (κ3) is 4.08. The smallest absolute Gasteiger partial charge is 0.270 e. The quantitative estimate of drug-likeness (QED) is 0.575. The molecule has 0 saturated heterocycles. The summed E-state index contributed by atoms with van der Waals surface area (Å²) in [6.07, 6.45) is 6.33. The summed E-state index contributed by atoms with van der Waals surface area (Å²) in [7, 11) is 1.64. The minimum Gasteiger partial charge on any atom is -0.492 e. The van der Waals surface area contributed by atoms with Gasteiger partial charge in [-0.3, -0.25) is 23.9 Å². The molecule has 1 aliphatic carbocycles. The van der Waals surface area contributed by atoms with Gasteiger partial charge in [0.15, 0.2) is 11.2 Å². The van der Waals surface area contributed by atoms with Crippen molar-refractivity contribution < 1.29 is 14.7 Å². The fraction of sp³-hybridized carbons (Fsp3) is 0.409. The molecule has 0 unspecified atom stereocenters. The lowest BCUT2D eigenvalue weighted by atomic mass is 10.2. The summed E-state index contributed by atoms with van der Waals surface area (Å²) in [6, 6.07) is 3.67. The van der Waals surface area contributed by atoms with E-state index in [2.05, 4.69) is 15.4 Å². The van der Waals surface area contributed by atoms with Crippen LogP contribution in [0.15, 0.2) is 35.5 Å². The molecule has 1 saturated carbocycles. The standard InChI is InChI=1S/C22H26N6O4/c1-13(2)11-27-19-16(20(30)26(3)12-14-5-4-8-23-9-14)10-24-28(19)22(32)17(21(27)31)18(29)25-15-6-7-15/h4-5,8-10,13,15,32H,6-7,11-12H2,1-3H3,(H,25,29). The highest BCUT2D eigenvalue weighted by Crippen LogP contribution is 2.23. The summed E-state index contributed by atoms with van der Waals surface area (Å²) >= 11 is 0. The molecular weight excluding hydrogens is 412 g/mol. The molecule has 32 heavy (non-hydrogen) atoms. The minimum absolute atomic E-state index is 0.0198. The van der Waals surface area contributed by atoms with Crippen LogP contribution in [0.25, 0.3) is 5.65 Å². The maximum Gasteiger partial charge on any atom is 0.270 e. The van der Waals surface area contributed by atoms with Gasteiger partial charge in [0.1, 0.15) is 5.56 Å². The van der Waals surface area contributed by atoms with Crippen LogP contribution in [0.5, 0.6) is 5.88 Å². The number of fused-ring (bicyclic) bond motifs is 1. The highest BCUT2D eigenvalue weighted by molar-refractivity contribution is 6.01. The van der Waals surface area contributed by atoms with Crippen LogP contribution in [-0.4, -0.2) is 54.1 Å². The van der Waals surface area contributed by atoms with E-state index in [1.165, 1.54) is 15.7 Å². The van der Waals surface area contributed by atoms with Crippen LogP contribution in [0.2, 0.25) is 0 Å². The molecule has 2 N–H and O–H groups in total. The fourth-order valence-electron chi connectivity index (χ4n) is 3.60. The van der Waals surface area contributed by atoms with E-state index in [4.69, 9.17) is 0 Å². The zero-order valence-corrected chi connectivity index (χ0v) is 18.3. The number of hydrogen-bond donors (Lipinski definition) is 2. The van der Waals surface area contributed by atoms with Crippen molar-refractivity contribution in [1.82, 2.24) is 29.4 Å². The third-order valence-corrected chi connectivity index (χ3v) is 5.29. The van der Waals surface area contributed by atoms with E-state index in [-0.39, 0.29) is 41.2 Å². The molecule has 1 aliphatic rings. The van der Waals surface area contributed by atoms with E-state index >= 15 is 0 Å². The van der Waals surface area contributed by atoms with Gasteiger partial charge in [0, 0.05) is 38.6 Å². The van der Waals surface area contributed by atoms with E-state index in [9.17, 15) is 19.5 Å². The van der Waals surface area contributed by atoms with Gasteiger partial charge in [-0.2, -0.15) is 9.61 Å². The first-order valence-corrected chi connectivity index (χ1v) is 10.6. The molecule has 0 radical (unpaired) electrons. The number of aromatic hydroxyl groups is 1.